The molecule has 8 nitrogen and oxygen atoms in total. The first kappa shape index (κ1) is 17.7. The molecule has 0 unspecified atom stereocenters. The third-order valence-corrected chi connectivity index (χ3v) is 4.74. The van der Waals surface area contributed by atoms with Crippen molar-refractivity contribution in [3.8, 4) is 6.07 Å². The number of carbonyl (C=O) groups is 1. The van der Waals surface area contributed by atoms with Crippen LogP contribution >= 0.6 is 0 Å². The van der Waals surface area contributed by atoms with Crippen LogP contribution < -0.4 is 4.72 Å². The van der Waals surface area contributed by atoms with Crippen LogP contribution in [0.25, 0.3) is 0 Å². The number of hydrogen-bond donors (Lipinski definition) is 1. The molecule has 0 aliphatic carbocycles. The Morgan fingerprint density at radius 2 is 2.17 bits per heavy atom. The van der Waals surface area contributed by atoms with Gasteiger partial charge in [-0.3, -0.25) is 4.79 Å². The van der Waals surface area contributed by atoms with E-state index in [4.69, 9.17) is 14.5 Å². The van der Waals surface area contributed by atoms with E-state index in [0.717, 1.165) is 0 Å². The Kier molecular flexibility index (Phi) is 5.33. The summed E-state index contributed by atoms with van der Waals surface area (Å²) in [5, 5.41) is 12.4. The van der Waals surface area contributed by atoms with Gasteiger partial charge in [0.05, 0.1) is 11.6 Å². The Hall–Kier alpha value is -2.70. The van der Waals surface area contributed by atoms with Crippen LogP contribution in [0.1, 0.15) is 22.6 Å². The van der Waals surface area contributed by atoms with E-state index in [2.05, 4.69) is 9.88 Å². The number of nitriles is 1. The van der Waals surface area contributed by atoms with E-state index in [9.17, 15) is 13.2 Å². The number of aryl methyl sites for hydroxylation is 2. The lowest BCUT2D eigenvalue weighted by molar-refractivity contribution is -0.143. The van der Waals surface area contributed by atoms with Crippen molar-refractivity contribution < 1.29 is 22.5 Å². The number of sulfonamides is 1. The molecular weight excluding hydrogens is 334 g/mol. The molecule has 0 spiro atoms. The van der Waals surface area contributed by atoms with Gasteiger partial charge in [0.1, 0.15) is 23.7 Å². The summed E-state index contributed by atoms with van der Waals surface area (Å²) >= 11 is 0. The maximum absolute atomic E-state index is 12.1. The first-order chi connectivity index (χ1) is 11.3. The van der Waals surface area contributed by atoms with E-state index in [1.807, 2.05) is 6.07 Å². The molecule has 0 fully saturated rings. The standard InChI is InChI=1S/C15H15N3O5S/c1-10-15(11(2)23-18-10)24(20,21)17-8-14(19)22-9-13-5-3-4-12(6-13)7-16/h3-6,17H,8-9H2,1-2H3. The first-order valence-electron chi connectivity index (χ1n) is 6.90. The first-order valence-corrected chi connectivity index (χ1v) is 8.39. The molecule has 1 heterocycles. The molecule has 1 N–H and O–H groups in total. The zero-order valence-electron chi connectivity index (χ0n) is 13.1. The molecular formula is C15H15N3O5S. The molecule has 126 valence electrons. The minimum atomic E-state index is -3.92. The van der Waals surface area contributed by atoms with E-state index < -0.39 is 22.5 Å². The molecule has 1 aromatic heterocycles. The Labute approximate surface area is 139 Å². The highest BCUT2D eigenvalue weighted by molar-refractivity contribution is 7.89. The number of rotatable bonds is 6. The fourth-order valence-electron chi connectivity index (χ4n) is 2.03. The van der Waals surface area contributed by atoms with E-state index in [0.29, 0.717) is 11.1 Å². The van der Waals surface area contributed by atoms with E-state index in [-0.39, 0.29) is 23.0 Å². The minimum Gasteiger partial charge on any atom is -0.460 e. The van der Waals surface area contributed by atoms with Crippen LogP contribution in [0.4, 0.5) is 0 Å². The summed E-state index contributed by atoms with van der Waals surface area (Å²) in [6.45, 7) is 2.38. The van der Waals surface area contributed by atoms with Crippen molar-refractivity contribution >= 4 is 16.0 Å². The Bertz CT molecular complexity index is 877. The second-order valence-corrected chi connectivity index (χ2v) is 6.65. The average Bonchev–Trinajstić information content (AvgIpc) is 2.90. The third kappa shape index (κ3) is 4.18. The molecule has 0 atom stereocenters. The van der Waals surface area contributed by atoms with Crippen LogP contribution in [0.3, 0.4) is 0 Å². The van der Waals surface area contributed by atoms with Crippen LogP contribution in [0.2, 0.25) is 0 Å². The van der Waals surface area contributed by atoms with Crippen molar-refractivity contribution in [3.05, 3.63) is 46.8 Å². The molecule has 2 rings (SSSR count). The monoisotopic (exact) mass is 349 g/mol. The van der Waals surface area contributed by atoms with Gasteiger partial charge in [0.2, 0.25) is 10.0 Å². The summed E-state index contributed by atoms with van der Waals surface area (Å²) in [5.74, 6) is -0.602. The highest BCUT2D eigenvalue weighted by Gasteiger charge is 2.24. The Morgan fingerprint density at radius 1 is 1.42 bits per heavy atom. The number of ether oxygens (including phenoxy) is 1. The quantitative estimate of drug-likeness (QED) is 0.777. The number of nitrogens with zero attached hydrogens (tertiary/aromatic N) is 2. The summed E-state index contributed by atoms with van der Waals surface area (Å²) in [6.07, 6.45) is 0. The number of nitrogens with one attached hydrogen (secondary N) is 1. The molecule has 9 heteroatoms. The fourth-order valence-corrected chi connectivity index (χ4v) is 3.32. The number of aromatic nitrogens is 1. The van der Waals surface area contributed by atoms with Gasteiger partial charge in [0, 0.05) is 0 Å². The molecule has 0 saturated carbocycles. The predicted molar refractivity (Wildman–Crippen MR) is 82.1 cm³/mol. The molecule has 0 saturated heterocycles. The second-order valence-electron chi connectivity index (χ2n) is 4.95. The molecule has 0 bridgehead atoms. The fraction of sp³-hybridized carbons (Fsp3) is 0.267. The van der Waals surface area contributed by atoms with Crippen LogP contribution in [-0.4, -0.2) is 26.1 Å². The van der Waals surface area contributed by atoms with E-state index in [1.54, 1.807) is 24.3 Å². The van der Waals surface area contributed by atoms with Crippen molar-refractivity contribution in [2.75, 3.05) is 6.54 Å². The van der Waals surface area contributed by atoms with Gasteiger partial charge >= 0.3 is 5.97 Å². The van der Waals surface area contributed by atoms with Crippen LogP contribution in [0.15, 0.2) is 33.7 Å². The molecule has 1 aromatic carbocycles. The summed E-state index contributed by atoms with van der Waals surface area (Å²) in [7, 11) is -3.92. The lowest BCUT2D eigenvalue weighted by Crippen LogP contribution is -2.31. The smallest absolute Gasteiger partial charge is 0.321 e. The molecule has 24 heavy (non-hydrogen) atoms. The van der Waals surface area contributed by atoms with Gasteiger partial charge in [-0.25, -0.2) is 8.42 Å². The zero-order chi connectivity index (χ0) is 17.7. The number of carbonyl (C=O) groups excluding carboxylic acids is 1. The van der Waals surface area contributed by atoms with Gasteiger partial charge < -0.3 is 9.26 Å². The molecule has 0 aliphatic heterocycles. The summed E-state index contributed by atoms with van der Waals surface area (Å²) < 4.78 is 36.2. The molecule has 2 aromatic rings. The Morgan fingerprint density at radius 3 is 2.79 bits per heavy atom. The highest BCUT2D eigenvalue weighted by Crippen LogP contribution is 2.18. The Balaban J connectivity index is 1.92. The average molecular weight is 349 g/mol. The maximum atomic E-state index is 12.1. The number of hydrogen-bond acceptors (Lipinski definition) is 7. The van der Waals surface area contributed by atoms with Crippen molar-refractivity contribution in [3.63, 3.8) is 0 Å². The van der Waals surface area contributed by atoms with Gasteiger partial charge in [-0.05, 0) is 31.5 Å². The van der Waals surface area contributed by atoms with E-state index >= 15 is 0 Å². The van der Waals surface area contributed by atoms with Gasteiger partial charge in [0.25, 0.3) is 0 Å². The summed E-state index contributed by atoms with van der Waals surface area (Å²) in [4.78, 5) is 11.6. The van der Waals surface area contributed by atoms with Crippen LogP contribution in [0.5, 0.6) is 0 Å². The predicted octanol–water partition coefficient (Wildman–Crippen LogP) is 1.18. The lowest BCUT2D eigenvalue weighted by atomic mass is 10.1. The van der Waals surface area contributed by atoms with Crippen molar-refractivity contribution in [1.82, 2.24) is 9.88 Å². The van der Waals surface area contributed by atoms with Gasteiger partial charge in [-0.2, -0.15) is 9.98 Å². The largest absolute Gasteiger partial charge is 0.460 e. The topological polar surface area (TPSA) is 122 Å². The number of benzene rings is 1. The molecule has 0 aliphatic rings. The SMILES string of the molecule is Cc1noc(C)c1S(=O)(=O)NCC(=O)OCc1cccc(C#N)c1. The van der Waals surface area contributed by atoms with Crippen molar-refractivity contribution in [1.29, 1.82) is 5.26 Å². The third-order valence-electron chi connectivity index (χ3n) is 3.10. The molecule has 0 radical (unpaired) electrons. The minimum absolute atomic E-state index is 0.0542. The summed E-state index contributed by atoms with van der Waals surface area (Å²) in [5.41, 5.74) is 1.29. The normalized spacial score (nSPS) is 11.0. The van der Waals surface area contributed by atoms with Crippen LogP contribution in [-0.2, 0) is 26.2 Å². The second kappa shape index (κ2) is 7.25. The number of esters is 1. The van der Waals surface area contributed by atoms with Gasteiger partial charge in [0.15, 0.2) is 5.76 Å². The zero-order valence-corrected chi connectivity index (χ0v) is 13.9. The van der Waals surface area contributed by atoms with Crippen molar-refractivity contribution in [2.45, 2.75) is 25.3 Å². The van der Waals surface area contributed by atoms with Crippen LogP contribution in [0, 0.1) is 25.2 Å². The van der Waals surface area contributed by atoms with E-state index in [1.165, 1.54) is 13.8 Å². The summed E-state index contributed by atoms with van der Waals surface area (Å²) in [6, 6.07) is 8.56. The lowest BCUT2D eigenvalue weighted by Gasteiger charge is -2.07. The van der Waals surface area contributed by atoms with Crippen molar-refractivity contribution in [2.24, 2.45) is 0 Å². The van der Waals surface area contributed by atoms with Gasteiger partial charge in [-0.1, -0.05) is 17.3 Å². The molecule has 0 amide bonds. The van der Waals surface area contributed by atoms with Gasteiger partial charge in [-0.15, -0.1) is 0 Å². The maximum Gasteiger partial charge on any atom is 0.321 e. The highest BCUT2D eigenvalue weighted by atomic mass is 32.2.